The average molecular weight is 451 g/mol. The van der Waals surface area contributed by atoms with Crippen LogP contribution in [0.25, 0.3) is 10.9 Å². The Kier molecular flexibility index (Phi) is 6.51. The van der Waals surface area contributed by atoms with Gasteiger partial charge in [-0.25, -0.2) is 4.39 Å². The molecule has 1 aromatic heterocycles. The number of likely N-dealkylation sites (tertiary alicyclic amines) is 1. The van der Waals surface area contributed by atoms with E-state index in [9.17, 15) is 14.0 Å². The van der Waals surface area contributed by atoms with Crippen LogP contribution in [0.5, 0.6) is 0 Å². The Morgan fingerprint density at radius 1 is 1.18 bits per heavy atom. The fourth-order valence-electron chi connectivity index (χ4n) is 4.53. The second-order valence-electron chi connectivity index (χ2n) is 9.43. The minimum absolute atomic E-state index is 0.0678. The van der Waals surface area contributed by atoms with Crippen LogP contribution in [-0.4, -0.2) is 46.9 Å². The number of hydrogen-bond donors (Lipinski definition) is 3. The van der Waals surface area contributed by atoms with Crippen LogP contribution < -0.4 is 11.1 Å². The number of piperidine rings is 1. The lowest BCUT2D eigenvalue weighted by molar-refractivity contribution is -0.134. The number of H-pyrrole nitrogens is 1. The number of nitrogens with two attached hydrogens (primary N) is 1. The average Bonchev–Trinajstić information content (AvgIpc) is 3.22. The molecule has 1 atom stereocenters. The highest BCUT2D eigenvalue weighted by Gasteiger charge is 2.32. The molecule has 6 nitrogen and oxygen atoms in total. The van der Waals surface area contributed by atoms with Gasteiger partial charge >= 0.3 is 0 Å². The molecule has 0 radical (unpaired) electrons. The maximum atomic E-state index is 14.0. The van der Waals surface area contributed by atoms with Gasteiger partial charge in [0.1, 0.15) is 5.82 Å². The molecule has 3 aromatic rings. The molecule has 7 heteroatoms. The summed E-state index contributed by atoms with van der Waals surface area (Å²) in [5.74, 6) is -0.991. The summed E-state index contributed by atoms with van der Waals surface area (Å²) in [6.45, 7) is 4.62. The van der Waals surface area contributed by atoms with E-state index >= 15 is 0 Å². The summed E-state index contributed by atoms with van der Waals surface area (Å²) in [4.78, 5) is 31.1. The molecule has 174 valence electrons. The number of hydrogen-bond acceptors (Lipinski definition) is 3. The van der Waals surface area contributed by atoms with Gasteiger partial charge in [0.2, 0.25) is 11.8 Å². The van der Waals surface area contributed by atoms with E-state index in [0.29, 0.717) is 30.0 Å². The van der Waals surface area contributed by atoms with Gasteiger partial charge in [-0.15, -0.1) is 0 Å². The molecule has 1 aliphatic heterocycles. The Balaban J connectivity index is 1.55. The number of aromatic nitrogens is 1. The molecule has 4 N–H and O–H groups in total. The molecule has 2 amide bonds. The van der Waals surface area contributed by atoms with Crippen molar-refractivity contribution in [1.82, 2.24) is 15.2 Å². The summed E-state index contributed by atoms with van der Waals surface area (Å²) in [5.41, 5.74) is 7.58. The van der Waals surface area contributed by atoms with Gasteiger partial charge in [0.15, 0.2) is 0 Å². The maximum Gasteiger partial charge on any atom is 0.239 e. The van der Waals surface area contributed by atoms with Crippen LogP contribution in [0.3, 0.4) is 0 Å². The van der Waals surface area contributed by atoms with Crippen molar-refractivity contribution in [3.63, 3.8) is 0 Å². The molecule has 0 saturated carbocycles. The van der Waals surface area contributed by atoms with E-state index in [-0.39, 0.29) is 24.2 Å². The van der Waals surface area contributed by atoms with Crippen molar-refractivity contribution in [3.8, 4) is 0 Å². The highest BCUT2D eigenvalue weighted by molar-refractivity contribution is 5.93. The van der Waals surface area contributed by atoms with Gasteiger partial charge in [0.05, 0.1) is 11.5 Å². The fraction of sp³-hybridized carbons (Fsp3) is 0.385. The summed E-state index contributed by atoms with van der Waals surface area (Å²) in [6, 6.07) is 14.8. The monoisotopic (exact) mass is 450 g/mol. The van der Waals surface area contributed by atoms with Gasteiger partial charge in [-0.2, -0.15) is 0 Å². The Hall–Kier alpha value is -3.19. The second kappa shape index (κ2) is 9.35. The Morgan fingerprint density at radius 2 is 1.88 bits per heavy atom. The topological polar surface area (TPSA) is 91.2 Å². The summed E-state index contributed by atoms with van der Waals surface area (Å²) in [5, 5.41) is 3.47. The quantitative estimate of drug-likeness (QED) is 0.535. The third-order valence-electron chi connectivity index (χ3n) is 6.48. The molecule has 0 spiro atoms. The van der Waals surface area contributed by atoms with E-state index in [1.165, 1.54) is 17.7 Å². The van der Waals surface area contributed by atoms with E-state index in [1.807, 2.05) is 23.1 Å². The molecule has 2 heterocycles. The first-order valence-electron chi connectivity index (χ1n) is 11.4. The second-order valence-corrected chi connectivity index (χ2v) is 9.43. The van der Waals surface area contributed by atoms with Crippen LogP contribution in [-0.2, 0) is 9.59 Å². The summed E-state index contributed by atoms with van der Waals surface area (Å²) < 4.78 is 14.0. The highest BCUT2D eigenvalue weighted by atomic mass is 19.1. The van der Waals surface area contributed by atoms with Gasteiger partial charge in [0.25, 0.3) is 0 Å². The molecule has 4 rings (SSSR count). The third kappa shape index (κ3) is 5.09. The van der Waals surface area contributed by atoms with E-state index in [2.05, 4.69) is 22.4 Å². The van der Waals surface area contributed by atoms with Crippen LogP contribution in [0.15, 0.2) is 54.7 Å². The van der Waals surface area contributed by atoms with Gasteiger partial charge in [0, 0.05) is 36.7 Å². The van der Waals surface area contributed by atoms with Crippen molar-refractivity contribution in [3.05, 3.63) is 71.7 Å². The lowest BCUT2D eigenvalue weighted by Crippen LogP contribution is -2.51. The molecule has 0 unspecified atom stereocenters. The number of rotatable bonds is 6. The Morgan fingerprint density at radius 3 is 2.55 bits per heavy atom. The molecule has 0 aliphatic carbocycles. The van der Waals surface area contributed by atoms with E-state index < -0.39 is 11.5 Å². The van der Waals surface area contributed by atoms with Crippen molar-refractivity contribution in [2.45, 2.75) is 44.1 Å². The number of nitrogens with zero attached hydrogens (tertiary/aromatic N) is 1. The number of carbonyl (C=O) groups is 2. The minimum Gasteiger partial charge on any atom is -0.361 e. The van der Waals surface area contributed by atoms with Gasteiger partial charge in [-0.3, -0.25) is 9.59 Å². The largest absolute Gasteiger partial charge is 0.361 e. The lowest BCUT2D eigenvalue weighted by atomic mass is 9.88. The van der Waals surface area contributed by atoms with Crippen molar-refractivity contribution in [2.24, 2.45) is 5.73 Å². The predicted molar refractivity (Wildman–Crippen MR) is 127 cm³/mol. The van der Waals surface area contributed by atoms with E-state index in [4.69, 9.17) is 5.73 Å². The molecule has 1 saturated heterocycles. The van der Waals surface area contributed by atoms with Crippen LogP contribution in [0, 0.1) is 5.82 Å². The number of benzene rings is 2. The van der Waals surface area contributed by atoms with Crippen molar-refractivity contribution in [2.75, 3.05) is 19.6 Å². The Labute approximate surface area is 193 Å². The van der Waals surface area contributed by atoms with Crippen molar-refractivity contribution >= 4 is 22.7 Å². The number of carbonyl (C=O) groups excluding carboxylic acids is 2. The first kappa shape index (κ1) is 23.0. The predicted octanol–water partition coefficient (Wildman–Crippen LogP) is 3.65. The zero-order chi connectivity index (χ0) is 23.6. The summed E-state index contributed by atoms with van der Waals surface area (Å²) in [6.07, 6.45) is 3.50. The SMILES string of the molecule is CC(C)(N)C(=O)NC[C@H](C(=O)N1CCC(c2ccccc2)CC1)c1c[nH]c2ccc(F)cc12. The molecular weight excluding hydrogens is 419 g/mol. The number of nitrogens with one attached hydrogen (secondary N) is 2. The molecule has 1 aliphatic rings. The summed E-state index contributed by atoms with van der Waals surface area (Å²) >= 11 is 0. The van der Waals surface area contributed by atoms with Gasteiger partial charge < -0.3 is 20.9 Å². The third-order valence-corrected chi connectivity index (χ3v) is 6.48. The number of halogens is 1. The molecular formula is C26H31FN4O2. The van der Waals surface area contributed by atoms with Gasteiger partial charge in [-0.05, 0) is 61.9 Å². The number of aromatic amines is 1. The van der Waals surface area contributed by atoms with E-state index in [0.717, 1.165) is 18.4 Å². The molecule has 1 fully saturated rings. The lowest BCUT2D eigenvalue weighted by Gasteiger charge is -2.34. The fourth-order valence-corrected chi connectivity index (χ4v) is 4.53. The smallest absolute Gasteiger partial charge is 0.239 e. The van der Waals surface area contributed by atoms with Gasteiger partial charge in [-0.1, -0.05) is 30.3 Å². The first-order valence-corrected chi connectivity index (χ1v) is 11.4. The maximum absolute atomic E-state index is 14.0. The summed E-state index contributed by atoms with van der Waals surface area (Å²) in [7, 11) is 0. The van der Waals surface area contributed by atoms with Crippen LogP contribution in [0.1, 0.15) is 49.7 Å². The standard InChI is InChI=1S/C26H31FN4O2/c1-26(2,28)25(33)30-16-22(21-15-29-23-9-8-19(27)14-20(21)23)24(32)31-12-10-18(11-13-31)17-6-4-3-5-7-17/h3-9,14-15,18,22,29H,10-13,16,28H2,1-2H3,(H,30,33)/t22-/m0/s1. The van der Waals surface area contributed by atoms with Crippen LogP contribution in [0.2, 0.25) is 0 Å². The van der Waals surface area contributed by atoms with E-state index in [1.54, 1.807) is 26.1 Å². The first-order chi connectivity index (χ1) is 15.7. The molecule has 0 bridgehead atoms. The molecule has 2 aromatic carbocycles. The Bertz CT molecular complexity index is 1130. The number of amides is 2. The minimum atomic E-state index is -1.06. The normalized spacial score (nSPS) is 16.1. The highest BCUT2D eigenvalue weighted by Crippen LogP contribution is 2.32. The van der Waals surface area contributed by atoms with Crippen LogP contribution in [0.4, 0.5) is 4.39 Å². The van der Waals surface area contributed by atoms with Crippen molar-refractivity contribution in [1.29, 1.82) is 0 Å². The molecule has 33 heavy (non-hydrogen) atoms. The number of fused-ring (bicyclic) bond motifs is 1. The van der Waals surface area contributed by atoms with Crippen molar-refractivity contribution < 1.29 is 14.0 Å². The zero-order valence-corrected chi connectivity index (χ0v) is 19.1. The van der Waals surface area contributed by atoms with Crippen LogP contribution >= 0.6 is 0 Å². The zero-order valence-electron chi connectivity index (χ0n) is 19.1.